The Bertz CT molecular complexity index is 367. The monoisotopic (exact) mass is 255 g/mol. The van der Waals surface area contributed by atoms with E-state index in [4.69, 9.17) is 4.74 Å². The van der Waals surface area contributed by atoms with Crippen molar-refractivity contribution >= 4 is 17.4 Å². The predicted molar refractivity (Wildman–Crippen MR) is 64.9 cm³/mol. The highest BCUT2D eigenvalue weighted by atomic mass is 32.1. The van der Waals surface area contributed by atoms with E-state index in [1.54, 1.807) is 0 Å². The first-order valence-corrected chi connectivity index (χ1v) is 6.63. The summed E-state index contributed by atoms with van der Waals surface area (Å²) in [5, 5.41) is 6.57. The highest BCUT2D eigenvalue weighted by molar-refractivity contribution is 7.07. The second-order valence-electron chi connectivity index (χ2n) is 4.62. The van der Waals surface area contributed by atoms with Gasteiger partial charge in [-0.1, -0.05) is 18.3 Å². The molecule has 0 unspecified atom stereocenters. The van der Waals surface area contributed by atoms with Crippen molar-refractivity contribution in [2.45, 2.75) is 26.4 Å². The first-order valence-electron chi connectivity index (χ1n) is 5.85. The van der Waals surface area contributed by atoms with Crippen LogP contribution >= 0.6 is 11.5 Å². The van der Waals surface area contributed by atoms with Crippen molar-refractivity contribution in [3.63, 3.8) is 0 Å². The number of ether oxygens (including phenoxy) is 1. The summed E-state index contributed by atoms with van der Waals surface area (Å²) in [6.07, 6.45) is 2.77. The third-order valence-electron chi connectivity index (χ3n) is 3.03. The van der Waals surface area contributed by atoms with Gasteiger partial charge in [-0.05, 0) is 23.9 Å². The zero-order valence-corrected chi connectivity index (χ0v) is 10.9. The van der Waals surface area contributed by atoms with Crippen molar-refractivity contribution < 1.29 is 9.53 Å². The van der Waals surface area contributed by atoms with E-state index < -0.39 is 0 Å². The summed E-state index contributed by atoms with van der Waals surface area (Å²) < 4.78 is 9.35. The molecule has 2 rings (SSSR count). The van der Waals surface area contributed by atoms with Crippen LogP contribution in [0.5, 0.6) is 0 Å². The molecule has 1 amide bonds. The fraction of sp³-hybridized carbons (Fsp3) is 0.727. The van der Waals surface area contributed by atoms with Gasteiger partial charge in [-0.2, -0.15) is 0 Å². The zero-order valence-electron chi connectivity index (χ0n) is 10.0. The average molecular weight is 255 g/mol. The van der Waals surface area contributed by atoms with Crippen LogP contribution in [0.3, 0.4) is 0 Å². The molecule has 94 valence electrons. The molecule has 1 N–H and O–H groups in total. The van der Waals surface area contributed by atoms with Crippen LogP contribution in [-0.2, 0) is 4.74 Å². The summed E-state index contributed by atoms with van der Waals surface area (Å²) in [5.41, 5.74) is 0. The van der Waals surface area contributed by atoms with Crippen LogP contribution in [0.1, 0.15) is 29.9 Å². The lowest BCUT2D eigenvalue weighted by Crippen LogP contribution is -2.34. The zero-order chi connectivity index (χ0) is 12.3. The summed E-state index contributed by atoms with van der Waals surface area (Å²) in [6.45, 7) is 5.76. The van der Waals surface area contributed by atoms with E-state index in [-0.39, 0.29) is 12.0 Å². The van der Waals surface area contributed by atoms with Crippen LogP contribution in [-0.4, -0.2) is 34.7 Å². The molecule has 0 radical (unpaired) electrons. The van der Waals surface area contributed by atoms with Crippen molar-refractivity contribution in [3.8, 4) is 0 Å². The summed E-state index contributed by atoms with van der Waals surface area (Å²) in [7, 11) is 0. The molecular formula is C11H17N3O2S. The van der Waals surface area contributed by atoms with Crippen LogP contribution in [0.15, 0.2) is 6.20 Å². The molecule has 17 heavy (non-hydrogen) atoms. The van der Waals surface area contributed by atoms with E-state index in [0.29, 0.717) is 23.3 Å². The van der Waals surface area contributed by atoms with E-state index in [1.807, 2.05) is 0 Å². The molecule has 1 aliphatic rings. The summed E-state index contributed by atoms with van der Waals surface area (Å²) in [4.78, 5) is 12.3. The smallest absolute Gasteiger partial charge is 0.264 e. The Morgan fingerprint density at radius 1 is 1.71 bits per heavy atom. The van der Waals surface area contributed by atoms with Gasteiger partial charge in [0.15, 0.2) is 0 Å². The summed E-state index contributed by atoms with van der Waals surface area (Å²) in [5.74, 6) is 0.818. The Labute approximate surface area is 105 Å². The molecule has 1 fully saturated rings. The Hall–Kier alpha value is -1.01. The Kier molecular flexibility index (Phi) is 4.06. The van der Waals surface area contributed by atoms with E-state index in [0.717, 1.165) is 24.6 Å². The van der Waals surface area contributed by atoms with Crippen LogP contribution in [0.4, 0.5) is 0 Å². The van der Waals surface area contributed by atoms with Crippen molar-refractivity contribution in [2.75, 3.05) is 13.2 Å². The SMILES string of the molecule is CC(C)[C@H]1OCC[C@@H]1CNC(=O)c1cnns1. The molecular weight excluding hydrogens is 238 g/mol. The molecule has 1 saturated heterocycles. The fourth-order valence-corrected chi connectivity index (χ4v) is 2.62. The van der Waals surface area contributed by atoms with Gasteiger partial charge < -0.3 is 10.1 Å². The topological polar surface area (TPSA) is 64.1 Å². The quantitative estimate of drug-likeness (QED) is 0.881. The Morgan fingerprint density at radius 3 is 3.18 bits per heavy atom. The number of amides is 1. The molecule has 1 aliphatic heterocycles. The van der Waals surface area contributed by atoms with Crippen molar-refractivity contribution in [1.29, 1.82) is 0 Å². The first kappa shape index (κ1) is 12.4. The van der Waals surface area contributed by atoms with Crippen molar-refractivity contribution in [2.24, 2.45) is 11.8 Å². The minimum absolute atomic E-state index is 0.0885. The lowest BCUT2D eigenvalue weighted by Gasteiger charge is -2.21. The second kappa shape index (κ2) is 5.55. The van der Waals surface area contributed by atoms with Gasteiger partial charge in [-0.3, -0.25) is 4.79 Å². The van der Waals surface area contributed by atoms with E-state index >= 15 is 0 Å². The van der Waals surface area contributed by atoms with Crippen molar-refractivity contribution in [1.82, 2.24) is 14.9 Å². The number of nitrogens with one attached hydrogen (secondary N) is 1. The molecule has 0 aromatic carbocycles. The van der Waals surface area contributed by atoms with E-state index in [9.17, 15) is 4.79 Å². The van der Waals surface area contributed by atoms with Gasteiger partial charge >= 0.3 is 0 Å². The van der Waals surface area contributed by atoms with Crippen molar-refractivity contribution in [3.05, 3.63) is 11.1 Å². The van der Waals surface area contributed by atoms with Crippen LogP contribution in [0.25, 0.3) is 0 Å². The molecule has 5 nitrogen and oxygen atoms in total. The molecule has 6 heteroatoms. The number of rotatable bonds is 4. The van der Waals surface area contributed by atoms with Crippen LogP contribution < -0.4 is 5.32 Å². The number of hydrogen-bond acceptors (Lipinski definition) is 5. The van der Waals surface area contributed by atoms with Crippen LogP contribution in [0.2, 0.25) is 0 Å². The van der Waals surface area contributed by atoms with Gasteiger partial charge in [0, 0.05) is 19.1 Å². The first-order chi connectivity index (χ1) is 8.18. The van der Waals surface area contributed by atoms with Gasteiger partial charge in [0.2, 0.25) is 0 Å². The molecule has 1 aromatic rings. The van der Waals surface area contributed by atoms with E-state index in [2.05, 4.69) is 28.8 Å². The second-order valence-corrected chi connectivity index (χ2v) is 5.41. The third-order valence-corrected chi connectivity index (χ3v) is 3.69. The molecule has 2 heterocycles. The fourth-order valence-electron chi connectivity index (χ4n) is 2.19. The third kappa shape index (κ3) is 3.01. The van der Waals surface area contributed by atoms with Gasteiger partial charge in [0.25, 0.3) is 5.91 Å². The number of hydrogen-bond donors (Lipinski definition) is 1. The maximum atomic E-state index is 11.7. The molecule has 2 atom stereocenters. The molecule has 0 aliphatic carbocycles. The molecule has 1 aromatic heterocycles. The predicted octanol–water partition coefficient (Wildman–Crippen LogP) is 1.33. The van der Waals surface area contributed by atoms with Gasteiger partial charge in [-0.15, -0.1) is 5.10 Å². The Balaban J connectivity index is 1.84. The highest BCUT2D eigenvalue weighted by Gasteiger charge is 2.30. The summed E-state index contributed by atoms with van der Waals surface area (Å²) >= 11 is 1.12. The molecule has 0 bridgehead atoms. The van der Waals surface area contributed by atoms with Gasteiger partial charge in [0.1, 0.15) is 4.88 Å². The highest BCUT2D eigenvalue weighted by Crippen LogP contribution is 2.26. The normalized spacial score (nSPS) is 24.2. The average Bonchev–Trinajstić information content (AvgIpc) is 2.96. The minimum Gasteiger partial charge on any atom is -0.378 e. The maximum absolute atomic E-state index is 11.7. The maximum Gasteiger partial charge on any atom is 0.264 e. The largest absolute Gasteiger partial charge is 0.378 e. The van der Waals surface area contributed by atoms with Gasteiger partial charge in [0.05, 0.1) is 12.3 Å². The van der Waals surface area contributed by atoms with Crippen LogP contribution in [0, 0.1) is 11.8 Å². The van der Waals surface area contributed by atoms with Gasteiger partial charge in [-0.25, -0.2) is 0 Å². The number of aromatic nitrogens is 2. The molecule has 0 spiro atoms. The number of carbonyl (C=O) groups is 1. The minimum atomic E-state index is -0.0885. The lowest BCUT2D eigenvalue weighted by atomic mass is 9.93. The number of nitrogens with zero attached hydrogens (tertiary/aromatic N) is 2. The molecule has 0 saturated carbocycles. The summed E-state index contributed by atoms with van der Waals surface area (Å²) in [6, 6.07) is 0. The number of carbonyl (C=O) groups excluding carboxylic acids is 1. The lowest BCUT2D eigenvalue weighted by molar-refractivity contribution is 0.0533. The van der Waals surface area contributed by atoms with E-state index in [1.165, 1.54) is 6.20 Å². The Morgan fingerprint density at radius 2 is 2.53 bits per heavy atom. The standard InChI is InChI=1S/C11H17N3O2S/c1-7(2)10-8(3-4-16-10)5-12-11(15)9-6-13-14-17-9/h6-8,10H,3-5H2,1-2H3,(H,12,15)/t8-,10-/m1/s1.